The normalized spacial score (nSPS) is 46.1. The predicted octanol–water partition coefficient (Wildman–Crippen LogP) is 2.97. The molecule has 0 spiro atoms. The van der Waals surface area contributed by atoms with E-state index in [4.69, 9.17) is 0 Å². The Morgan fingerprint density at radius 2 is 2.00 bits per heavy atom. The van der Waals surface area contributed by atoms with Crippen molar-refractivity contribution in [3.05, 3.63) is 0 Å². The Balaban J connectivity index is 2.11. The second-order valence-corrected chi connectivity index (χ2v) is 7.12. The van der Waals surface area contributed by atoms with Crippen LogP contribution in [0.4, 0.5) is 0 Å². The maximum absolute atomic E-state index is 10.3. The zero-order chi connectivity index (χ0) is 12.7. The minimum atomic E-state index is -0.876. The Hall–Kier alpha value is -0.0800. The van der Waals surface area contributed by atoms with Gasteiger partial charge in [0.15, 0.2) is 0 Å². The molecule has 2 saturated carbocycles. The summed E-state index contributed by atoms with van der Waals surface area (Å²) >= 11 is 0. The number of fused-ring (bicyclic) bond motifs is 1. The third-order valence-corrected chi connectivity index (χ3v) is 5.79. The van der Waals surface area contributed by atoms with E-state index in [9.17, 15) is 10.2 Å². The van der Waals surface area contributed by atoms with Crippen LogP contribution in [0.25, 0.3) is 0 Å². The number of hydrogen-bond acceptors (Lipinski definition) is 2. The van der Waals surface area contributed by atoms with Gasteiger partial charge in [-0.1, -0.05) is 26.7 Å². The molecule has 2 rings (SSSR count). The molecule has 0 amide bonds. The number of rotatable bonds is 2. The van der Waals surface area contributed by atoms with Crippen LogP contribution in [0.3, 0.4) is 0 Å². The van der Waals surface area contributed by atoms with Crippen LogP contribution in [0.5, 0.6) is 0 Å². The third-order valence-electron chi connectivity index (χ3n) is 5.79. The van der Waals surface area contributed by atoms with E-state index < -0.39 is 5.60 Å². The molecular weight excluding hydrogens is 212 g/mol. The van der Waals surface area contributed by atoms with Crippen LogP contribution >= 0.6 is 0 Å². The first kappa shape index (κ1) is 13.4. The van der Waals surface area contributed by atoms with Crippen molar-refractivity contribution in [3.63, 3.8) is 0 Å². The third kappa shape index (κ3) is 2.39. The zero-order valence-electron chi connectivity index (χ0n) is 11.6. The molecule has 0 heterocycles. The lowest BCUT2D eigenvalue weighted by atomic mass is 9.53. The molecule has 2 aliphatic rings. The van der Waals surface area contributed by atoms with Gasteiger partial charge in [0.05, 0.1) is 12.2 Å². The number of hydrogen-bond donors (Lipinski definition) is 2. The van der Waals surface area contributed by atoms with E-state index in [1.54, 1.807) is 6.92 Å². The fourth-order valence-electron chi connectivity index (χ4n) is 4.35. The van der Waals surface area contributed by atoms with Crippen molar-refractivity contribution in [1.29, 1.82) is 0 Å². The zero-order valence-corrected chi connectivity index (χ0v) is 11.6. The molecule has 2 aliphatic carbocycles. The second kappa shape index (κ2) is 4.55. The summed E-state index contributed by atoms with van der Waals surface area (Å²) in [4.78, 5) is 0. The van der Waals surface area contributed by atoms with Crippen molar-refractivity contribution in [2.75, 3.05) is 6.61 Å². The van der Waals surface area contributed by atoms with Crippen LogP contribution in [0.15, 0.2) is 0 Å². The predicted molar refractivity (Wildman–Crippen MR) is 69.7 cm³/mol. The molecule has 0 saturated heterocycles. The minimum absolute atomic E-state index is 0.102. The van der Waals surface area contributed by atoms with Gasteiger partial charge in [-0.3, -0.25) is 0 Å². The average Bonchev–Trinajstić information content (AvgIpc) is 2.28. The lowest BCUT2D eigenvalue weighted by Crippen LogP contribution is -2.48. The number of aliphatic hydroxyl groups excluding tert-OH is 1. The molecule has 5 atom stereocenters. The van der Waals surface area contributed by atoms with Gasteiger partial charge in [-0.05, 0) is 55.8 Å². The fourth-order valence-corrected chi connectivity index (χ4v) is 4.35. The summed E-state index contributed by atoms with van der Waals surface area (Å²) in [5.74, 6) is 1.81. The van der Waals surface area contributed by atoms with Gasteiger partial charge in [-0.25, -0.2) is 0 Å². The molecule has 0 aromatic carbocycles. The highest BCUT2D eigenvalue weighted by Gasteiger charge is 2.47. The van der Waals surface area contributed by atoms with E-state index in [2.05, 4.69) is 13.8 Å². The summed E-state index contributed by atoms with van der Waals surface area (Å²) in [7, 11) is 0. The smallest absolute Gasteiger partial charge is 0.0877 e. The van der Waals surface area contributed by atoms with Crippen molar-refractivity contribution >= 4 is 0 Å². The first-order valence-electron chi connectivity index (χ1n) is 7.22. The van der Waals surface area contributed by atoms with Gasteiger partial charge in [0.25, 0.3) is 0 Å². The minimum Gasteiger partial charge on any atom is -0.393 e. The first-order chi connectivity index (χ1) is 7.89. The summed E-state index contributed by atoms with van der Waals surface area (Å²) < 4.78 is 0. The van der Waals surface area contributed by atoms with Crippen molar-refractivity contribution < 1.29 is 10.2 Å². The molecule has 1 unspecified atom stereocenters. The summed E-state index contributed by atoms with van der Waals surface area (Å²) in [6.07, 6.45) is 7.47. The van der Waals surface area contributed by atoms with Crippen molar-refractivity contribution in [1.82, 2.24) is 0 Å². The monoisotopic (exact) mass is 240 g/mol. The summed E-state index contributed by atoms with van der Waals surface area (Å²) in [5.41, 5.74) is -0.377. The van der Waals surface area contributed by atoms with Gasteiger partial charge in [0.1, 0.15) is 0 Å². The van der Waals surface area contributed by atoms with E-state index in [0.717, 1.165) is 24.7 Å². The maximum atomic E-state index is 10.3. The van der Waals surface area contributed by atoms with Crippen LogP contribution in [0.1, 0.15) is 59.3 Å². The fraction of sp³-hybridized carbons (Fsp3) is 1.00. The first-order valence-corrected chi connectivity index (χ1v) is 7.22. The second-order valence-electron chi connectivity index (χ2n) is 7.12. The molecule has 100 valence electrons. The van der Waals surface area contributed by atoms with E-state index in [-0.39, 0.29) is 12.5 Å². The average molecular weight is 240 g/mol. The quantitative estimate of drug-likeness (QED) is 0.779. The van der Waals surface area contributed by atoms with Crippen LogP contribution in [0.2, 0.25) is 0 Å². The van der Waals surface area contributed by atoms with Crippen molar-refractivity contribution in [3.8, 4) is 0 Å². The standard InChI is InChI=1S/C15H28O2/c1-11-5-4-7-14(2)8-6-12(9-13(11)14)15(3,17)10-16/h11-13,16-17H,4-10H2,1-3H3/t11-,12+,13-,14+,15?/m0/s1. The van der Waals surface area contributed by atoms with Crippen LogP contribution < -0.4 is 0 Å². The van der Waals surface area contributed by atoms with Crippen molar-refractivity contribution in [2.45, 2.75) is 64.9 Å². The Bertz CT molecular complexity index is 274. The molecule has 0 radical (unpaired) electrons. The highest BCUT2D eigenvalue weighted by atomic mass is 16.3. The van der Waals surface area contributed by atoms with Crippen molar-refractivity contribution in [2.24, 2.45) is 23.2 Å². The molecule has 0 aliphatic heterocycles. The summed E-state index contributed by atoms with van der Waals surface area (Å²) in [6, 6.07) is 0. The van der Waals surface area contributed by atoms with E-state index in [1.807, 2.05) is 0 Å². The molecular formula is C15H28O2. The SMILES string of the molecule is C[C@H]1CCC[C@]2(C)CC[C@@H](C(C)(O)CO)C[C@@H]12. The van der Waals surface area contributed by atoms with Gasteiger partial charge in [0.2, 0.25) is 0 Å². The topological polar surface area (TPSA) is 40.5 Å². The van der Waals surface area contributed by atoms with Gasteiger partial charge in [0, 0.05) is 0 Å². The van der Waals surface area contributed by atoms with E-state index in [1.165, 1.54) is 25.7 Å². The Labute approximate surface area is 105 Å². The maximum Gasteiger partial charge on any atom is 0.0877 e. The number of aliphatic hydroxyl groups is 2. The molecule has 0 aromatic rings. The lowest BCUT2D eigenvalue weighted by Gasteiger charge is -2.52. The largest absolute Gasteiger partial charge is 0.393 e. The van der Waals surface area contributed by atoms with Crippen LogP contribution in [-0.2, 0) is 0 Å². The highest BCUT2D eigenvalue weighted by molar-refractivity contribution is 4.98. The lowest BCUT2D eigenvalue weighted by molar-refractivity contribution is -0.0991. The van der Waals surface area contributed by atoms with Gasteiger partial charge in [-0.2, -0.15) is 0 Å². The van der Waals surface area contributed by atoms with E-state index in [0.29, 0.717) is 5.41 Å². The van der Waals surface area contributed by atoms with Gasteiger partial charge in [-0.15, -0.1) is 0 Å². The summed E-state index contributed by atoms with van der Waals surface area (Å²) in [5, 5.41) is 19.6. The van der Waals surface area contributed by atoms with Crippen LogP contribution in [0, 0.1) is 23.2 Å². The van der Waals surface area contributed by atoms with Gasteiger partial charge >= 0.3 is 0 Å². The molecule has 0 aromatic heterocycles. The Morgan fingerprint density at radius 3 is 2.65 bits per heavy atom. The molecule has 2 fully saturated rings. The van der Waals surface area contributed by atoms with E-state index >= 15 is 0 Å². The Morgan fingerprint density at radius 1 is 1.29 bits per heavy atom. The van der Waals surface area contributed by atoms with Crippen LogP contribution in [-0.4, -0.2) is 22.4 Å². The Kier molecular flexibility index (Phi) is 3.57. The molecule has 0 bridgehead atoms. The molecule has 2 N–H and O–H groups in total. The summed E-state index contributed by atoms with van der Waals surface area (Å²) in [6.45, 7) is 6.51. The molecule has 2 heteroatoms. The van der Waals surface area contributed by atoms with Gasteiger partial charge < -0.3 is 10.2 Å². The highest BCUT2D eigenvalue weighted by Crippen LogP contribution is 2.55. The molecule has 2 nitrogen and oxygen atoms in total. The molecule has 17 heavy (non-hydrogen) atoms.